The Morgan fingerprint density at radius 3 is 2.80 bits per heavy atom. The molecule has 2 nitrogen and oxygen atoms in total. The van der Waals surface area contributed by atoms with Gasteiger partial charge in [-0.05, 0) is 56.5 Å². The summed E-state index contributed by atoms with van der Waals surface area (Å²) in [6.07, 6.45) is 8.94. The number of likely N-dealkylation sites (tertiary alicyclic amines) is 1. The third kappa shape index (κ3) is 2.87. The molecule has 0 amide bonds. The predicted octanol–water partition coefficient (Wildman–Crippen LogP) is 4.38. The van der Waals surface area contributed by atoms with Crippen LogP contribution in [0.1, 0.15) is 37.7 Å². The molecule has 1 atom stereocenters. The quantitative estimate of drug-likeness (QED) is 0.819. The van der Waals surface area contributed by atoms with Gasteiger partial charge in [-0.2, -0.15) is 0 Å². The van der Waals surface area contributed by atoms with Crippen LogP contribution in [-0.4, -0.2) is 31.1 Å². The number of rotatable bonds is 3. The van der Waals surface area contributed by atoms with E-state index in [1.165, 1.54) is 50.8 Å². The molecule has 1 aromatic rings. The van der Waals surface area contributed by atoms with Crippen molar-refractivity contribution in [3.8, 4) is 5.75 Å². The molecule has 0 radical (unpaired) electrons. The molecule has 2 aliphatic rings. The van der Waals surface area contributed by atoms with Crippen LogP contribution in [0.4, 0.5) is 0 Å². The number of hydrogen-bond acceptors (Lipinski definition) is 2. The summed E-state index contributed by atoms with van der Waals surface area (Å²) in [5, 5.41) is 0.678. The van der Waals surface area contributed by atoms with Crippen molar-refractivity contribution in [2.45, 2.75) is 38.1 Å². The highest BCUT2D eigenvalue weighted by atomic mass is 35.5. The number of ether oxygens (including phenoxy) is 1. The summed E-state index contributed by atoms with van der Waals surface area (Å²) >= 11 is 6.10. The second-order valence-electron chi connectivity index (χ2n) is 5.76. The van der Waals surface area contributed by atoms with Gasteiger partial charge in [0.15, 0.2) is 0 Å². The number of nitrogens with zero attached hydrogens (tertiary/aromatic N) is 1. The van der Waals surface area contributed by atoms with Crippen molar-refractivity contribution in [3.05, 3.63) is 34.4 Å². The van der Waals surface area contributed by atoms with Crippen molar-refractivity contribution in [2.24, 2.45) is 0 Å². The van der Waals surface area contributed by atoms with Crippen molar-refractivity contribution in [3.63, 3.8) is 0 Å². The topological polar surface area (TPSA) is 12.5 Å². The summed E-state index contributed by atoms with van der Waals surface area (Å²) in [6, 6.07) is 6.71. The van der Waals surface area contributed by atoms with E-state index in [2.05, 4.69) is 17.0 Å². The Balaban J connectivity index is 1.84. The predicted molar refractivity (Wildman–Crippen MR) is 84.4 cm³/mol. The molecule has 1 saturated heterocycles. The van der Waals surface area contributed by atoms with Crippen molar-refractivity contribution < 1.29 is 4.74 Å². The summed E-state index contributed by atoms with van der Waals surface area (Å²) in [5.74, 6) is 0.761. The average Bonchev–Trinajstić information content (AvgIpc) is 2.41. The normalized spacial score (nSPS) is 25.5. The summed E-state index contributed by atoms with van der Waals surface area (Å²) in [6.45, 7) is 2.54. The minimum absolute atomic E-state index is 0.666. The summed E-state index contributed by atoms with van der Waals surface area (Å²) < 4.78 is 5.31. The molecule has 0 spiro atoms. The molecule has 2 fully saturated rings. The van der Waals surface area contributed by atoms with Gasteiger partial charge >= 0.3 is 0 Å². The van der Waals surface area contributed by atoms with Crippen LogP contribution in [0.3, 0.4) is 0 Å². The smallest absolute Gasteiger partial charge is 0.138 e. The Hall–Kier alpha value is -0.990. The Kier molecular flexibility index (Phi) is 4.32. The molecule has 3 heteroatoms. The SMILES string of the molecule is COc1cc(/C=C2/CCCCC2N2CCC2)ccc1Cl. The van der Waals surface area contributed by atoms with Gasteiger partial charge in [0.1, 0.15) is 5.75 Å². The lowest BCUT2D eigenvalue weighted by molar-refractivity contribution is 0.121. The fourth-order valence-electron chi connectivity index (χ4n) is 3.24. The van der Waals surface area contributed by atoms with Crippen molar-refractivity contribution >= 4 is 17.7 Å². The van der Waals surface area contributed by atoms with E-state index in [1.807, 2.05) is 12.1 Å². The van der Waals surface area contributed by atoms with E-state index in [0.717, 1.165) is 5.75 Å². The first-order valence-electron chi connectivity index (χ1n) is 7.56. The Morgan fingerprint density at radius 2 is 2.10 bits per heavy atom. The zero-order valence-corrected chi connectivity index (χ0v) is 12.8. The highest BCUT2D eigenvalue weighted by molar-refractivity contribution is 6.32. The van der Waals surface area contributed by atoms with E-state index < -0.39 is 0 Å². The van der Waals surface area contributed by atoms with Gasteiger partial charge in [0.25, 0.3) is 0 Å². The monoisotopic (exact) mass is 291 g/mol. The first kappa shape index (κ1) is 14.0. The average molecular weight is 292 g/mol. The van der Waals surface area contributed by atoms with Crippen LogP contribution >= 0.6 is 11.6 Å². The van der Waals surface area contributed by atoms with E-state index in [1.54, 1.807) is 12.7 Å². The second kappa shape index (κ2) is 6.19. The van der Waals surface area contributed by atoms with Gasteiger partial charge in [-0.15, -0.1) is 0 Å². The van der Waals surface area contributed by atoms with Crippen LogP contribution in [0.5, 0.6) is 5.75 Å². The zero-order chi connectivity index (χ0) is 13.9. The Labute approximate surface area is 126 Å². The molecule has 1 saturated carbocycles. The molecular formula is C17H22ClNO. The van der Waals surface area contributed by atoms with Crippen LogP contribution in [-0.2, 0) is 0 Å². The van der Waals surface area contributed by atoms with Gasteiger partial charge < -0.3 is 4.74 Å². The third-order valence-electron chi connectivity index (χ3n) is 4.48. The van der Waals surface area contributed by atoms with E-state index in [4.69, 9.17) is 16.3 Å². The molecular weight excluding hydrogens is 270 g/mol. The minimum atomic E-state index is 0.666. The standard InChI is InChI=1S/C17H22ClNO/c1-20-17-12-13(7-8-15(17)18)11-14-5-2-3-6-16(14)19-9-4-10-19/h7-8,11-12,16H,2-6,9-10H2,1H3/b14-11-. The Morgan fingerprint density at radius 1 is 1.25 bits per heavy atom. The number of benzene rings is 1. The third-order valence-corrected chi connectivity index (χ3v) is 4.79. The summed E-state index contributed by atoms with van der Waals surface area (Å²) in [7, 11) is 1.67. The van der Waals surface area contributed by atoms with Gasteiger partial charge in [0.05, 0.1) is 12.1 Å². The summed E-state index contributed by atoms with van der Waals surface area (Å²) in [5.41, 5.74) is 2.79. The lowest BCUT2D eigenvalue weighted by atomic mass is 9.86. The maximum absolute atomic E-state index is 6.10. The van der Waals surface area contributed by atoms with Crippen LogP contribution in [0.2, 0.25) is 5.02 Å². The fraction of sp³-hybridized carbons (Fsp3) is 0.529. The van der Waals surface area contributed by atoms with E-state index in [0.29, 0.717) is 11.1 Å². The zero-order valence-electron chi connectivity index (χ0n) is 12.1. The van der Waals surface area contributed by atoms with Gasteiger partial charge in [-0.3, -0.25) is 4.90 Å². The molecule has 0 aromatic heterocycles. The fourth-order valence-corrected chi connectivity index (χ4v) is 3.43. The molecule has 1 aromatic carbocycles. The highest BCUT2D eigenvalue weighted by Crippen LogP contribution is 2.33. The molecule has 1 aliphatic heterocycles. The molecule has 108 valence electrons. The van der Waals surface area contributed by atoms with Crippen LogP contribution in [0, 0.1) is 0 Å². The lowest BCUT2D eigenvalue weighted by Crippen LogP contribution is -2.46. The van der Waals surface area contributed by atoms with Crippen LogP contribution < -0.4 is 4.74 Å². The van der Waals surface area contributed by atoms with E-state index in [-0.39, 0.29) is 0 Å². The van der Waals surface area contributed by atoms with Crippen molar-refractivity contribution in [1.82, 2.24) is 4.90 Å². The molecule has 1 aliphatic carbocycles. The number of methoxy groups -OCH3 is 1. The van der Waals surface area contributed by atoms with Crippen LogP contribution in [0.15, 0.2) is 23.8 Å². The van der Waals surface area contributed by atoms with Gasteiger partial charge in [-0.25, -0.2) is 0 Å². The van der Waals surface area contributed by atoms with E-state index in [9.17, 15) is 0 Å². The largest absolute Gasteiger partial charge is 0.495 e. The van der Waals surface area contributed by atoms with Gasteiger partial charge in [-0.1, -0.05) is 35.7 Å². The molecule has 20 heavy (non-hydrogen) atoms. The summed E-state index contributed by atoms with van der Waals surface area (Å²) in [4.78, 5) is 2.62. The van der Waals surface area contributed by atoms with Crippen molar-refractivity contribution in [1.29, 1.82) is 0 Å². The number of halogens is 1. The van der Waals surface area contributed by atoms with Crippen LogP contribution in [0.25, 0.3) is 6.08 Å². The lowest BCUT2D eigenvalue weighted by Gasteiger charge is -2.42. The van der Waals surface area contributed by atoms with Gasteiger partial charge in [0.2, 0.25) is 0 Å². The maximum atomic E-state index is 6.10. The number of hydrogen-bond donors (Lipinski definition) is 0. The second-order valence-corrected chi connectivity index (χ2v) is 6.17. The Bertz CT molecular complexity index is 508. The molecule has 0 bridgehead atoms. The minimum Gasteiger partial charge on any atom is -0.495 e. The van der Waals surface area contributed by atoms with E-state index >= 15 is 0 Å². The molecule has 1 heterocycles. The first-order chi connectivity index (χ1) is 9.78. The molecule has 0 N–H and O–H groups in total. The first-order valence-corrected chi connectivity index (χ1v) is 7.94. The highest BCUT2D eigenvalue weighted by Gasteiger charge is 2.28. The maximum Gasteiger partial charge on any atom is 0.138 e. The molecule has 3 rings (SSSR count). The van der Waals surface area contributed by atoms with Crippen molar-refractivity contribution in [2.75, 3.05) is 20.2 Å². The van der Waals surface area contributed by atoms with Gasteiger partial charge in [0, 0.05) is 6.04 Å². The molecule has 1 unspecified atom stereocenters.